The summed E-state index contributed by atoms with van der Waals surface area (Å²) in [5, 5.41) is 12.8. The third-order valence-corrected chi connectivity index (χ3v) is 2.92. The Morgan fingerprint density at radius 2 is 1.59 bits per heavy atom. The van der Waals surface area contributed by atoms with Gasteiger partial charge in [-0.05, 0) is 25.9 Å². The normalized spacial score (nSPS) is 13.6. The van der Waals surface area contributed by atoms with Crippen LogP contribution in [-0.4, -0.2) is 48.3 Å². The van der Waals surface area contributed by atoms with Crippen LogP contribution in [0.1, 0.15) is 53.4 Å². The molecule has 0 aliphatic carbocycles. The molecule has 0 aromatic heterocycles. The van der Waals surface area contributed by atoms with E-state index in [0.717, 1.165) is 19.6 Å². The predicted molar refractivity (Wildman–Crippen MR) is 75.4 cm³/mol. The number of nitrogens with zero attached hydrogens (tertiary/aromatic N) is 1. The van der Waals surface area contributed by atoms with Crippen LogP contribution in [0.5, 0.6) is 0 Å². The third kappa shape index (κ3) is 9.57. The van der Waals surface area contributed by atoms with Crippen LogP contribution in [0, 0.1) is 0 Å². The lowest BCUT2D eigenvalue weighted by molar-refractivity contribution is 0.172. The average molecular weight is 244 g/mol. The second-order valence-electron chi connectivity index (χ2n) is 5.21. The van der Waals surface area contributed by atoms with Gasteiger partial charge in [-0.3, -0.25) is 0 Å². The Kier molecular flexibility index (Phi) is 10.9. The molecule has 0 spiro atoms. The molecule has 0 radical (unpaired) electrons. The van der Waals surface area contributed by atoms with Crippen molar-refractivity contribution in [2.75, 3.05) is 26.2 Å². The molecule has 0 aromatic carbocycles. The molecule has 3 heteroatoms. The first-order valence-electron chi connectivity index (χ1n) is 7.23. The minimum atomic E-state index is 0.212. The van der Waals surface area contributed by atoms with Crippen LogP contribution in [0.4, 0.5) is 0 Å². The number of hydrogen-bond acceptors (Lipinski definition) is 3. The summed E-state index contributed by atoms with van der Waals surface area (Å²) in [6.45, 7) is 12.2. The van der Waals surface area contributed by atoms with Gasteiger partial charge in [0, 0.05) is 18.6 Å². The van der Waals surface area contributed by atoms with Crippen molar-refractivity contribution in [2.24, 2.45) is 0 Å². The van der Waals surface area contributed by atoms with E-state index in [4.69, 9.17) is 0 Å². The second kappa shape index (κ2) is 11.0. The number of aliphatic hydroxyl groups excluding tert-OH is 1. The van der Waals surface area contributed by atoms with E-state index in [1.54, 1.807) is 0 Å². The maximum atomic E-state index is 9.39. The fraction of sp³-hybridized carbons (Fsp3) is 1.00. The summed E-state index contributed by atoms with van der Waals surface area (Å²) < 4.78 is 0. The zero-order valence-corrected chi connectivity index (χ0v) is 12.2. The van der Waals surface area contributed by atoms with Crippen molar-refractivity contribution in [3.8, 4) is 0 Å². The highest BCUT2D eigenvalue weighted by molar-refractivity contribution is 4.73. The van der Waals surface area contributed by atoms with Crippen LogP contribution in [0.3, 0.4) is 0 Å². The van der Waals surface area contributed by atoms with Gasteiger partial charge in [0.1, 0.15) is 0 Å². The van der Waals surface area contributed by atoms with E-state index >= 15 is 0 Å². The molecule has 104 valence electrons. The fourth-order valence-corrected chi connectivity index (χ4v) is 2.00. The zero-order valence-electron chi connectivity index (χ0n) is 12.2. The second-order valence-corrected chi connectivity index (χ2v) is 5.21. The first kappa shape index (κ1) is 16.9. The number of hydrogen-bond donors (Lipinski definition) is 2. The summed E-state index contributed by atoms with van der Waals surface area (Å²) >= 11 is 0. The standard InChI is InChI=1S/C14H32N2O/c1-5-7-9-16(10-8-6-2)11-14(12-17)15-13(3)4/h13-15,17H,5-12H2,1-4H3. The Balaban J connectivity index is 4.06. The molecule has 1 atom stereocenters. The van der Waals surface area contributed by atoms with Gasteiger partial charge in [-0.25, -0.2) is 0 Å². The Bertz CT molecular complexity index is 154. The maximum Gasteiger partial charge on any atom is 0.0597 e. The van der Waals surface area contributed by atoms with E-state index in [-0.39, 0.29) is 12.6 Å². The summed E-state index contributed by atoms with van der Waals surface area (Å²) in [5.41, 5.74) is 0. The largest absolute Gasteiger partial charge is 0.395 e. The van der Waals surface area contributed by atoms with E-state index in [1.165, 1.54) is 25.7 Å². The van der Waals surface area contributed by atoms with Crippen LogP contribution < -0.4 is 5.32 Å². The first-order valence-corrected chi connectivity index (χ1v) is 7.23. The number of rotatable bonds is 11. The quantitative estimate of drug-likeness (QED) is 0.585. The first-order chi connectivity index (χ1) is 8.13. The summed E-state index contributed by atoms with van der Waals surface area (Å²) in [6, 6.07) is 0.648. The maximum absolute atomic E-state index is 9.39. The van der Waals surface area contributed by atoms with Crippen LogP contribution in [0.15, 0.2) is 0 Å². The molecule has 0 aliphatic rings. The molecule has 0 fully saturated rings. The highest BCUT2D eigenvalue weighted by Crippen LogP contribution is 2.01. The lowest BCUT2D eigenvalue weighted by Gasteiger charge is -2.28. The Labute approximate surface area is 108 Å². The van der Waals surface area contributed by atoms with Crippen molar-refractivity contribution in [3.63, 3.8) is 0 Å². The van der Waals surface area contributed by atoms with Crippen LogP contribution in [0.2, 0.25) is 0 Å². The molecule has 17 heavy (non-hydrogen) atoms. The highest BCUT2D eigenvalue weighted by atomic mass is 16.3. The smallest absolute Gasteiger partial charge is 0.0597 e. The molecule has 0 amide bonds. The molecule has 3 nitrogen and oxygen atoms in total. The van der Waals surface area contributed by atoms with Crippen LogP contribution in [-0.2, 0) is 0 Å². The topological polar surface area (TPSA) is 35.5 Å². The van der Waals surface area contributed by atoms with E-state index in [1.807, 2.05) is 0 Å². The molecule has 0 saturated heterocycles. The van der Waals surface area contributed by atoms with Gasteiger partial charge in [-0.2, -0.15) is 0 Å². The third-order valence-electron chi connectivity index (χ3n) is 2.92. The molecular weight excluding hydrogens is 212 g/mol. The summed E-state index contributed by atoms with van der Waals surface area (Å²) in [4.78, 5) is 2.49. The van der Waals surface area contributed by atoms with Crippen LogP contribution >= 0.6 is 0 Å². The van der Waals surface area contributed by atoms with Gasteiger partial charge in [0.25, 0.3) is 0 Å². The zero-order chi connectivity index (χ0) is 13.1. The minimum absolute atomic E-state index is 0.212. The van der Waals surface area contributed by atoms with Gasteiger partial charge < -0.3 is 15.3 Å². The fourth-order valence-electron chi connectivity index (χ4n) is 2.00. The number of aliphatic hydroxyl groups is 1. The summed E-state index contributed by atoms with van der Waals surface area (Å²) in [6.07, 6.45) is 4.99. The lowest BCUT2D eigenvalue weighted by atomic mass is 10.2. The molecule has 0 aromatic rings. The Morgan fingerprint density at radius 3 is 1.94 bits per heavy atom. The molecular formula is C14H32N2O. The number of unbranched alkanes of at least 4 members (excludes halogenated alkanes) is 2. The summed E-state index contributed by atoms with van der Waals surface area (Å²) in [7, 11) is 0. The minimum Gasteiger partial charge on any atom is -0.395 e. The van der Waals surface area contributed by atoms with Gasteiger partial charge >= 0.3 is 0 Å². The molecule has 2 N–H and O–H groups in total. The van der Waals surface area contributed by atoms with Crippen molar-refractivity contribution in [1.29, 1.82) is 0 Å². The van der Waals surface area contributed by atoms with Crippen LogP contribution in [0.25, 0.3) is 0 Å². The molecule has 0 saturated carbocycles. The number of nitrogens with one attached hydrogen (secondary N) is 1. The van der Waals surface area contributed by atoms with Crippen molar-refractivity contribution in [3.05, 3.63) is 0 Å². The average Bonchev–Trinajstić information content (AvgIpc) is 2.30. The van der Waals surface area contributed by atoms with Gasteiger partial charge in [0.15, 0.2) is 0 Å². The van der Waals surface area contributed by atoms with Gasteiger partial charge in [-0.15, -0.1) is 0 Å². The molecule has 0 rings (SSSR count). The summed E-state index contributed by atoms with van der Waals surface area (Å²) in [5.74, 6) is 0. The lowest BCUT2D eigenvalue weighted by Crippen LogP contribution is -2.46. The van der Waals surface area contributed by atoms with Gasteiger partial charge in [-0.1, -0.05) is 40.5 Å². The molecule has 0 aliphatic heterocycles. The highest BCUT2D eigenvalue weighted by Gasteiger charge is 2.13. The van der Waals surface area contributed by atoms with Crippen molar-refractivity contribution in [2.45, 2.75) is 65.5 Å². The van der Waals surface area contributed by atoms with E-state index in [2.05, 4.69) is 37.9 Å². The van der Waals surface area contributed by atoms with Crippen molar-refractivity contribution >= 4 is 0 Å². The molecule has 1 unspecified atom stereocenters. The monoisotopic (exact) mass is 244 g/mol. The van der Waals surface area contributed by atoms with E-state index in [9.17, 15) is 5.11 Å². The van der Waals surface area contributed by atoms with E-state index in [0.29, 0.717) is 6.04 Å². The Morgan fingerprint density at radius 1 is 1.06 bits per heavy atom. The van der Waals surface area contributed by atoms with Crippen molar-refractivity contribution < 1.29 is 5.11 Å². The van der Waals surface area contributed by atoms with Gasteiger partial charge in [0.05, 0.1) is 6.61 Å². The SMILES string of the molecule is CCCCN(CCCC)CC(CO)NC(C)C. The Hall–Kier alpha value is -0.120. The molecule has 0 heterocycles. The van der Waals surface area contributed by atoms with Gasteiger partial charge in [0.2, 0.25) is 0 Å². The van der Waals surface area contributed by atoms with Crippen molar-refractivity contribution in [1.82, 2.24) is 10.2 Å². The predicted octanol–water partition coefficient (Wildman–Crippen LogP) is 2.25. The van der Waals surface area contributed by atoms with E-state index < -0.39 is 0 Å². The molecule has 0 bridgehead atoms.